The van der Waals surface area contributed by atoms with Crippen LogP contribution >= 0.6 is 0 Å². The van der Waals surface area contributed by atoms with Crippen molar-refractivity contribution in [1.82, 2.24) is 0 Å². The summed E-state index contributed by atoms with van der Waals surface area (Å²) in [6.07, 6.45) is 2.71. The molecule has 2 rings (SSSR count). The summed E-state index contributed by atoms with van der Waals surface area (Å²) in [4.78, 5) is 22.7. The van der Waals surface area contributed by atoms with E-state index in [1.807, 2.05) is 0 Å². The van der Waals surface area contributed by atoms with Crippen LogP contribution in [0.3, 0.4) is 0 Å². The van der Waals surface area contributed by atoms with E-state index in [9.17, 15) is 14.7 Å². The molecule has 0 aromatic heterocycles. The maximum atomic E-state index is 11.5. The van der Waals surface area contributed by atoms with Gasteiger partial charge in [0, 0.05) is 0 Å². The molecule has 0 amide bonds. The lowest BCUT2D eigenvalue weighted by Gasteiger charge is -2.25. The zero-order valence-electron chi connectivity index (χ0n) is 9.35. The number of rotatable bonds is 3. The Labute approximate surface area is 98.9 Å². The van der Waals surface area contributed by atoms with Crippen LogP contribution in [0.4, 0.5) is 0 Å². The molecule has 0 saturated heterocycles. The smallest absolute Gasteiger partial charge is 0.335 e. The topological polar surface area (TPSA) is 74.6 Å². The minimum Gasteiger partial charge on any atom is -0.481 e. The molecule has 1 aromatic rings. The highest BCUT2D eigenvalue weighted by atomic mass is 16.4. The first-order chi connectivity index (χ1) is 8.08. The van der Waals surface area contributed by atoms with Crippen molar-refractivity contribution < 1.29 is 19.8 Å². The Balaban J connectivity index is 2.58. The van der Waals surface area contributed by atoms with E-state index in [0.717, 1.165) is 12.8 Å². The number of benzene rings is 1. The average Bonchev–Trinajstić information content (AvgIpc) is 2.79. The third kappa shape index (κ3) is 1.79. The minimum absolute atomic E-state index is 0.108. The summed E-state index contributed by atoms with van der Waals surface area (Å²) >= 11 is 0. The molecule has 1 aliphatic rings. The predicted molar refractivity (Wildman–Crippen MR) is 61.2 cm³/mol. The van der Waals surface area contributed by atoms with Gasteiger partial charge in [-0.25, -0.2) is 4.79 Å². The van der Waals surface area contributed by atoms with E-state index in [4.69, 9.17) is 5.11 Å². The van der Waals surface area contributed by atoms with Gasteiger partial charge >= 0.3 is 11.9 Å². The zero-order chi connectivity index (χ0) is 12.5. The molecule has 2 N–H and O–H groups in total. The van der Waals surface area contributed by atoms with Crippen LogP contribution in [-0.4, -0.2) is 22.2 Å². The highest BCUT2D eigenvalue weighted by molar-refractivity contribution is 5.93. The average molecular weight is 234 g/mol. The van der Waals surface area contributed by atoms with Gasteiger partial charge in [-0.3, -0.25) is 4.79 Å². The van der Waals surface area contributed by atoms with Crippen LogP contribution < -0.4 is 0 Å². The van der Waals surface area contributed by atoms with Crippen LogP contribution in [0.15, 0.2) is 24.3 Å². The molecule has 1 aliphatic carbocycles. The van der Waals surface area contributed by atoms with E-state index in [1.165, 1.54) is 6.07 Å². The first kappa shape index (κ1) is 11.6. The number of carboxylic acids is 2. The minimum atomic E-state index is -1.06. The Kier molecular flexibility index (Phi) is 2.88. The summed E-state index contributed by atoms with van der Waals surface area (Å²) in [5.74, 6) is -1.98. The standard InChI is InChI=1S/C13H14O4/c14-11(15)9-5-1-2-6-10(9)13(12(16)17)7-3-4-8-13/h1-2,5-6H,3-4,7-8H2,(H,14,15)(H,16,17). The van der Waals surface area contributed by atoms with Crippen LogP contribution in [-0.2, 0) is 10.2 Å². The predicted octanol–water partition coefficient (Wildman–Crippen LogP) is 2.28. The summed E-state index contributed by atoms with van der Waals surface area (Å²) in [6.45, 7) is 0. The molecule has 1 aromatic carbocycles. The Bertz CT molecular complexity index is 458. The summed E-state index contributed by atoms with van der Waals surface area (Å²) in [7, 11) is 0. The molecule has 0 radical (unpaired) electrons. The molecular formula is C13H14O4. The van der Waals surface area contributed by atoms with Crippen molar-refractivity contribution in [2.75, 3.05) is 0 Å². The number of aliphatic carboxylic acids is 1. The van der Waals surface area contributed by atoms with Crippen LogP contribution in [0, 0.1) is 0 Å². The molecule has 90 valence electrons. The summed E-state index contributed by atoms with van der Waals surface area (Å²) in [5, 5.41) is 18.6. The lowest BCUT2D eigenvalue weighted by Crippen LogP contribution is -2.34. The second-order valence-corrected chi connectivity index (χ2v) is 4.45. The second kappa shape index (κ2) is 4.20. The van der Waals surface area contributed by atoms with Gasteiger partial charge in [0.1, 0.15) is 0 Å². The van der Waals surface area contributed by atoms with Crippen molar-refractivity contribution in [3.05, 3.63) is 35.4 Å². The third-order valence-electron chi connectivity index (χ3n) is 3.54. The normalized spacial score (nSPS) is 17.9. The van der Waals surface area contributed by atoms with Gasteiger partial charge < -0.3 is 10.2 Å². The monoisotopic (exact) mass is 234 g/mol. The van der Waals surface area contributed by atoms with Gasteiger partial charge in [-0.1, -0.05) is 31.0 Å². The van der Waals surface area contributed by atoms with Crippen molar-refractivity contribution >= 4 is 11.9 Å². The summed E-state index contributed by atoms with van der Waals surface area (Å²) in [5.41, 5.74) is -0.455. The van der Waals surface area contributed by atoms with Gasteiger partial charge in [0.15, 0.2) is 0 Å². The molecule has 0 spiro atoms. The summed E-state index contributed by atoms with van der Waals surface area (Å²) < 4.78 is 0. The third-order valence-corrected chi connectivity index (χ3v) is 3.54. The lowest BCUT2D eigenvalue weighted by molar-refractivity contribution is -0.143. The molecule has 0 aliphatic heterocycles. The van der Waals surface area contributed by atoms with Crippen molar-refractivity contribution in [3.63, 3.8) is 0 Å². The van der Waals surface area contributed by atoms with Crippen molar-refractivity contribution in [2.24, 2.45) is 0 Å². The number of hydrogen-bond donors (Lipinski definition) is 2. The molecule has 17 heavy (non-hydrogen) atoms. The molecule has 0 bridgehead atoms. The van der Waals surface area contributed by atoms with E-state index in [2.05, 4.69) is 0 Å². The summed E-state index contributed by atoms with van der Waals surface area (Å²) in [6, 6.07) is 6.42. The highest BCUT2D eigenvalue weighted by Crippen LogP contribution is 2.42. The lowest BCUT2D eigenvalue weighted by atomic mass is 9.76. The highest BCUT2D eigenvalue weighted by Gasteiger charge is 2.44. The Morgan fingerprint density at radius 2 is 1.65 bits per heavy atom. The first-order valence-corrected chi connectivity index (χ1v) is 5.64. The van der Waals surface area contributed by atoms with Gasteiger partial charge in [0.25, 0.3) is 0 Å². The molecule has 1 fully saturated rings. The Morgan fingerprint density at radius 1 is 1.06 bits per heavy atom. The first-order valence-electron chi connectivity index (χ1n) is 5.64. The fourth-order valence-corrected chi connectivity index (χ4v) is 2.66. The molecular weight excluding hydrogens is 220 g/mol. The Hall–Kier alpha value is -1.84. The van der Waals surface area contributed by atoms with E-state index >= 15 is 0 Å². The van der Waals surface area contributed by atoms with Crippen LogP contribution in [0.1, 0.15) is 41.6 Å². The molecule has 0 unspecified atom stereocenters. The van der Waals surface area contributed by atoms with Gasteiger partial charge in [-0.15, -0.1) is 0 Å². The molecule has 0 heterocycles. The van der Waals surface area contributed by atoms with Gasteiger partial charge in [-0.2, -0.15) is 0 Å². The molecule has 1 saturated carbocycles. The van der Waals surface area contributed by atoms with E-state index in [1.54, 1.807) is 18.2 Å². The molecule has 4 heteroatoms. The van der Waals surface area contributed by atoms with Crippen LogP contribution in [0.25, 0.3) is 0 Å². The largest absolute Gasteiger partial charge is 0.481 e. The van der Waals surface area contributed by atoms with E-state index < -0.39 is 17.4 Å². The number of hydrogen-bond acceptors (Lipinski definition) is 2. The molecule has 0 atom stereocenters. The SMILES string of the molecule is O=C(O)c1ccccc1C1(C(=O)O)CCCC1. The maximum absolute atomic E-state index is 11.5. The van der Waals surface area contributed by atoms with Gasteiger partial charge in [0.2, 0.25) is 0 Å². The zero-order valence-corrected chi connectivity index (χ0v) is 9.35. The van der Waals surface area contributed by atoms with Crippen molar-refractivity contribution in [1.29, 1.82) is 0 Å². The van der Waals surface area contributed by atoms with Crippen LogP contribution in [0.2, 0.25) is 0 Å². The fraction of sp³-hybridized carbons (Fsp3) is 0.385. The second-order valence-electron chi connectivity index (χ2n) is 4.45. The fourth-order valence-electron chi connectivity index (χ4n) is 2.66. The van der Waals surface area contributed by atoms with E-state index in [0.29, 0.717) is 18.4 Å². The maximum Gasteiger partial charge on any atom is 0.335 e. The van der Waals surface area contributed by atoms with Crippen molar-refractivity contribution in [2.45, 2.75) is 31.1 Å². The van der Waals surface area contributed by atoms with Gasteiger partial charge in [-0.05, 0) is 24.5 Å². The number of carboxylic acid groups (broad SMARTS) is 2. The molecule has 4 nitrogen and oxygen atoms in total. The van der Waals surface area contributed by atoms with Gasteiger partial charge in [0.05, 0.1) is 11.0 Å². The number of carbonyl (C=O) groups is 2. The quantitative estimate of drug-likeness (QED) is 0.841. The van der Waals surface area contributed by atoms with E-state index in [-0.39, 0.29) is 5.56 Å². The number of aromatic carboxylic acids is 1. The van der Waals surface area contributed by atoms with Crippen LogP contribution in [0.5, 0.6) is 0 Å². The van der Waals surface area contributed by atoms with Crippen molar-refractivity contribution in [3.8, 4) is 0 Å². The Morgan fingerprint density at radius 3 is 2.18 bits per heavy atom.